The molecular weight excluding hydrogens is 274 g/mol. The summed E-state index contributed by atoms with van der Waals surface area (Å²) < 4.78 is 0. The van der Waals surface area contributed by atoms with E-state index in [0.29, 0.717) is 10.7 Å². The predicted octanol–water partition coefficient (Wildman–Crippen LogP) is 2.40. The van der Waals surface area contributed by atoms with Crippen LogP contribution in [0.1, 0.15) is 41.7 Å². The van der Waals surface area contributed by atoms with Gasteiger partial charge in [-0.3, -0.25) is 4.79 Å². The average molecular weight is 294 g/mol. The number of halogens is 1. The number of likely N-dealkylation sites (tertiary alicyclic amines) is 1. The lowest BCUT2D eigenvalue weighted by molar-refractivity contribution is 0.0909. The number of aromatic nitrogens is 1. The molecule has 3 rings (SSSR count). The molecule has 20 heavy (non-hydrogen) atoms. The molecule has 1 aromatic heterocycles. The van der Waals surface area contributed by atoms with E-state index in [-0.39, 0.29) is 11.9 Å². The van der Waals surface area contributed by atoms with Crippen LogP contribution in [-0.4, -0.2) is 41.0 Å². The van der Waals surface area contributed by atoms with Gasteiger partial charge >= 0.3 is 0 Å². The van der Waals surface area contributed by atoms with Crippen LogP contribution in [0.5, 0.6) is 0 Å². The van der Waals surface area contributed by atoms with Crippen molar-refractivity contribution in [2.75, 3.05) is 13.1 Å². The number of amides is 1. The van der Waals surface area contributed by atoms with Crippen LogP contribution in [0.2, 0.25) is 5.15 Å². The molecule has 1 aliphatic carbocycles. The molecule has 0 aromatic carbocycles. The smallest absolute Gasteiger partial charge is 0.251 e. The van der Waals surface area contributed by atoms with Gasteiger partial charge in [0.1, 0.15) is 5.15 Å². The van der Waals surface area contributed by atoms with Crippen LogP contribution in [0, 0.1) is 6.92 Å². The summed E-state index contributed by atoms with van der Waals surface area (Å²) in [4.78, 5) is 18.9. The van der Waals surface area contributed by atoms with E-state index in [1.54, 1.807) is 12.1 Å². The number of nitrogens with zero attached hydrogens (tertiary/aromatic N) is 2. The summed E-state index contributed by atoms with van der Waals surface area (Å²) in [6, 6.07) is 4.52. The number of carbonyl (C=O) groups excluding carboxylic acids is 1. The van der Waals surface area contributed by atoms with Crippen LogP contribution in [0.25, 0.3) is 0 Å². The highest BCUT2D eigenvalue weighted by atomic mass is 35.5. The molecule has 1 N–H and O–H groups in total. The number of rotatable bonds is 3. The second-order valence-electron chi connectivity index (χ2n) is 5.83. The van der Waals surface area contributed by atoms with Crippen LogP contribution in [-0.2, 0) is 0 Å². The maximum absolute atomic E-state index is 12.2. The van der Waals surface area contributed by atoms with E-state index in [4.69, 9.17) is 11.6 Å². The fourth-order valence-corrected chi connectivity index (χ4v) is 3.13. The molecule has 2 aliphatic rings. The van der Waals surface area contributed by atoms with E-state index in [1.807, 2.05) is 6.92 Å². The molecule has 0 atom stereocenters. The summed E-state index contributed by atoms with van der Waals surface area (Å²) in [5.41, 5.74) is 1.37. The molecule has 1 saturated carbocycles. The van der Waals surface area contributed by atoms with Crippen LogP contribution >= 0.6 is 11.6 Å². The van der Waals surface area contributed by atoms with E-state index < -0.39 is 0 Å². The molecule has 5 heteroatoms. The van der Waals surface area contributed by atoms with Gasteiger partial charge in [-0.25, -0.2) is 4.98 Å². The Balaban J connectivity index is 1.56. The third kappa shape index (κ3) is 3.30. The number of hydrogen-bond donors (Lipinski definition) is 1. The Morgan fingerprint density at radius 3 is 2.60 bits per heavy atom. The Labute approximate surface area is 124 Å². The molecule has 1 aliphatic heterocycles. The highest BCUT2D eigenvalue weighted by molar-refractivity contribution is 6.29. The summed E-state index contributed by atoms with van der Waals surface area (Å²) >= 11 is 5.90. The van der Waals surface area contributed by atoms with Crippen molar-refractivity contribution < 1.29 is 4.79 Å². The first-order valence-corrected chi connectivity index (χ1v) is 7.69. The van der Waals surface area contributed by atoms with Crippen molar-refractivity contribution >= 4 is 17.5 Å². The lowest BCUT2D eigenvalue weighted by Gasteiger charge is -2.32. The number of aryl methyl sites for hydroxylation is 1. The van der Waals surface area contributed by atoms with Crippen molar-refractivity contribution in [1.82, 2.24) is 15.2 Å². The third-order valence-corrected chi connectivity index (χ3v) is 4.31. The third-order valence-electron chi connectivity index (χ3n) is 4.11. The summed E-state index contributed by atoms with van der Waals surface area (Å²) in [6.07, 6.45) is 4.79. The monoisotopic (exact) mass is 293 g/mol. The van der Waals surface area contributed by atoms with Crippen molar-refractivity contribution in [3.63, 3.8) is 0 Å². The number of hydrogen-bond acceptors (Lipinski definition) is 3. The molecule has 0 spiro atoms. The Hall–Kier alpha value is -1.13. The zero-order valence-corrected chi connectivity index (χ0v) is 12.5. The van der Waals surface area contributed by atoms with Gasteiger partial charge in [0.05, 0.1) is 0 Å². The first-order valence-electron chi connectivity index (χ1n) is 7.31. The fraction of sp³-hybridized carbons (Fsp3) is 0.600. The SMILES string of the molecule is Cc1cc(C(=O)NC2CCN(C3CC3)CC2)cc(Cl)n1. The first-order chi connectivity index (χ1) is 9.61. The molecule has 0 radical (unpaired) electrons. The summed E-state index contributed by atoms with van der Waals surface area (Å²) in [5.74, 6) is -0.0396. The van der Waals surface area contributed by atoms with E-state index in [9.17, 15) is 4.79 Å². The minimum Gasteiger partial charge on any atom is -0.349 e. The molecule has 1 aromatic rings. The second kappa shape index (κ2) is 5.70. The fourth-order valence-electron chi connectivity index (χ4n) is 2.88. The van der Waals surface area contributed by atoms with Gasteiger partial charge < -0.3 is 10.2 Å². The van der Waals surface area contributed by atoms with E-state index in [0.717, 1.165) is 37.7 Å². The zero-order chi connectivity index (χ0) is 14.1. The minimum atomic E-state index is -0.0396. The number of pyridine rings is 1. The normalized spacial score (nSPS) is 20.9. The number of carbonyl (C=O) groups is 1. The van der Waals surface area contributed by atoms with Crippen LogP contribution < -0.4 is 5.32 Å². The molecule has 2 fully saturated rings. The highest BCUT2D eigenvalue weighted by Gasteiger charge is 2.32. The predicted molar refractivity (Wildman–Crippen MR) is 79.1 cm³/mol. The van der Waals surface area contributed by atoms with Gasteiger partial charge in [-0.1, -0.05) is 11.6 Å². The van der Waals surface area contributed by atoms with E-state index >= 15 is 0 Å². The maximum atomic E-state index is 12.2. The Bertz CT molecular complexity index is 488. The molecule has 0 unspecified atom stereocenters. The van der Waals surface area contributed by atoms with Crippen LogP contribution in [0.3, 0.4) is 0 Å². The molecule has 4 nitrogen and oxygen atoms in total. The number of piperidine rings is 1. The lowest BCUT2D eigenvalue weighted by Crippen LogP contribution is -2.45. The van der Waals surface area contributed by atoms with Gasteiger partial charge in [0.25, 0.3) is 5.91 Å². The van der Waals surface area contributed by atoms with E-state index in [2.05, 4.69) is 15.2 Å². The van der Waals surface area contributed by atoms with Crippen molar-refractivity contribution in [3.8, 4) is 0 Å². The molecular formula is C15H20ClN3O. The van der Waals surface area contributed by atoms with Crippen molar-refractivity contribution in [2.45, 2.75) is 44.7 Å². The molecule has 1 saturated heterocycles. The Morgan fingerprint density at radius 1 is 1.30 bits per heavy atom. The van der Waals surface area contributed by atoms with Gasteiger partial charge in [-0.2, -0.15) is 0 Å². The highest BCUT2D eigenvalue weighted by Crippen LogP contribution is 2.29. The summed E-state index contributed by atoms with van der Waals surface area (Å²) in [5, 5.41) is 3.49. The Morgan fingerprint density at radius 2 is 2.00 bits per heavy atom. The van der Waals surface area contributed by atoms with Crippen LogP contribution in [0.4, 0.5) is 0 Å². The van der Waals surface area contributed by atoms with Crippen molar-refractivity contribution in [3.05, 3.63) is 28.5 Å². The van der Waals surface area contributed by atoms with Crippen molar-refractivity contribution in [2.24, 2.45) is 0 Å². The Kier molecular flexibility index (Phi) is 3.94. The summed E-state index contributed by atoms with van der Waals surface area (Å²) in [6.45, 7) is 4.05. The molecule has 1 amide bonds. The second-order valence-corrected chi connectivity index (χ2v) is 6.22. The first kappa shape index (κ1) is 13.8. The molecule has 2 heterocycles. The van der Waals surface area contributed by atoms with Gasteiger partial charge in [0.2, 0.25) is 0 Å². The van der Waals surface area contributed by atoms with Crippen molar-refractivity contribution in [1.29, 1.82) is 0 Å². The van der Waals surface area contributed by atoms with E-state index in [1.165, 1.54) is 12.8 Å². The van der Waals surface area contributed by atoms with Crippen LogP contribution in [0.15, 0.2) is 12.1 Å². The zero-order valence-electron chi connectivity index (χ0n) is 11.7. The molecule has 108 valence electrons. The standard InChI is InChI=1S/C15H20ClN3O/c1-10-8-11(9-14(16)17-10)15(20)18-12-4-6-19(7-5-12)13-2-3-13/h8-9,12-13H,2-7H2,1H3,(H,18,20). The van der Waals surface area contributed by atoms with Gasteiger partial charge in [-0.05, 0) is 44.7 Å². The maximum Gasteiger partial charge on any atom is 0.251 e. The van der Waals surface area contributed by atoms with Gasteiger partial charge in [0.15, 0.2) is 0 Å². The molecule has 0 bridgehead atoms. The average Bonchev–Trinajstić information content (AvgIpc) is 3.23. The largest absolute Gasteiger partial charge is 0.349 e. The van der Waals surface area contributed by atoms with Gasteiger partial charge in [-0.15, -0.1) is 0 Å². The lowest BCUT2D eigenvalue weighted by atomic mass is 10.0. The summed E-state index contributed by atoms with van der Waals surface area (Å²) in [7, 11) is 0. The van der Waals surface area contributed by atoms with Gasteiger partial charge in [0, 0.05) is 36.4 Å². The number of nitrogens with one attached hydrogen (secondary N) is 1. The topological polar surface area (TPSA) is 45.2 Å². The minimum absolute atomic E-state index is 0.0396. The quantitative estimate of drug-likeness (QED) is 0.871.